The number of anilines is 1. The predicted octanol–water partition coefficient (Wildman–Crippen LogP) is 3.14. The van der Waals surface area contributed by atoms with Crippen molar-refractivity contribution in [1.82, 2.24) is 4.98 Å². The first-order valence-electron chi connectivity index (χ1n) is 5.37. The fourth-order valence-electron chi connectivity index (χ4n) is 1.50. The van der Waals surface area contributed by atoms with E-state index in [4.69, 9.17) is 16.3 Å². The van der Waals surface area contributed by atoms with Gasteiger partial charge in [0, 0.05) is 18.0 Å². The van der Waals surface area contributed by atoms with Crippen LogP contribution in [0.1, 0.15) is 10.4 Å². The van der Waals surface area contributed by atoms with Gasteiger partial charge in [-0.1, -0.05) is 11.6 Å². The minimum atomic E-state index is -0.558. The lowest BCUT2D eigenvalue weighted by molar-refractivity contribution is 0.102. The third-order valence-corrected chi connectivity index (χ3v) is 2.71. The van der Waals surface area contributed by atoms with E-state index < -0.39 is 11.7 Å². The SMILES string of the molecule is COc1ccc(NC(=O)c2cccnc2Cl)cc1F. The zero-order chi connectivity index (χ0) is 13.8. The van der Waals surface area contributed by atoms with Crippen molar-refractivity contribution in [2.24, 2.45) is 0 Å². The van der Waals surface area contributed by atoms with Crippen LogP contribution >= 0.6 is 11.6 Å². The molecular weight excluding hydrogens is 271 g/mol. The average molecular weight is 281 g/mol. The van der Waals surface area contributed by atoms with Gasteiger partial charge in [0.05, 0.1) is 12.7 Å². The summed E-state index contributed by atoms with van der Waals surface area (Å²) in [5, 5.41) is 2.62. The van der Waals surface area contributed by atoms with Gasteiger partial charge in [0.1, 0.15) is 5.15 Å². The number of hydrogen-bond acceptors (Lipinski definition) is 3. The summed E-state index contributed by atoms with van der Waals surface area (Å²) in [6, 6.07) is 7.25. The lowest BCUT2D eigenvalue weighted by Crippen LogP contribution is -2.13. The number of ether oxygens (including phenoxy) is 1. The van der Waals surface area contributed by atoms with Crippen LogP contribution < -0.4 is 10.1 Å². The molecule has 0 bridgehead atoms. The number of benzene rings is 1. The molecule has 1 heterocycles. The number of nitrogens with one attached hydrogen (secondary N) is 1. The van der Waals surface area contributed by atoms with Crippen LogP contribution in [0, 0.1) is 5.82 Å². The maximum Gasteiger partial charge on any atom is 0.258 e. The van der Waals surface area contributed by atoms with Gasteiger partial charge >= 0.3 is 0 Å². The molecule has 1 aromatic carbocycles. The molecule has 2 aromatic rings. The molecule has 0 spiro atoms. The van der Waals surface area contributed by atoms with Crippen LogP contribution in [-0.4, -0.2) is 18.0 Å². The topological polar surface area (TPSA) is 51.2 Å². The van der Waals surface area contributed by atoms with Crippen LogP contribution in [-0.2, 0) is 0 Å². The Bertz CT molecular complexity index is 619. The highest BCUT2D eigenvalue weighted by Crippen LogP contribution is 2.21. The van der Waals surface area contributed by atoms with Crippen molar-refractivity contribution in [3.8, 4) is 5.75 Å². The van der Waals surface area contributed by atoms with Gasteiger partial charge in [0.15, 0.2) is 11.6 Å². The van der Waals surface area contributed by atoms with Gasteiger partial charge in [-0.25, -0.2) is 9.37 Å². The van der Waals surface area contributed by atoms with Crippen molar-refractivity contribution >= 4 is 23.2 Å². The van der Waals surface area contributed by atoms with Crippen LogP contribution in [0.15, 0.2) is 36.5 Å². The number of hydrogen-bond donors (Lipinski definition) is 1. The average Bonchev–Trinajstić information content (AvgIpc) is 2.39. The second-order valence-electron chi connectivity index (χ2n) is 3.65. The van der Waals surface area contributed by atoms with Gasteiger partial charge in [-0.3, -0.25) is 4.79 Å². The van der Waals surface area contributed by atoms with Crippen molar-refractivity contribution in [2.75, 3.05) is 12.4 Å². The van der Waals surface area contributed by atoms with Gasteiger partial charge < -0.3 is 10.1 Å². The highest BCUT2D eigenvalue weighted by atomic mass is 35.5. The Hall–Kier alpha value is -2.14. The maximum absolute atomic E-state index is 13.5. The van der Waals surface area contributed by atoms with Crippen LogP contribution in [0.4, 0.5) is 10.1 Å². The van der Waals surface area contributed by atoms with Crippen LogP contribution in [0.2, 0.25) is 5.15 Å². The number of pyridine rings is 1. The molecule has 0 aliphatic heterocycles. The molecule has 0 unspecified atom stereocenters. The summed E-state index contributed by atoms with van der Waals surface area (Å²) < 4.78 is 18.3. The number of carbonyl (C=O) groups excluding carboxylic acids is 1. The first kappa shape index (κ1) is 13.3. The fourth-order valence-corrected chi connectivity index (χ4v) is 1.70. The molecule has 19 heavy (non-hydrogen) atoms. The van der Waals surface area contributed by atoms with Crippen LogP contribution in [0.3, 0.4) is 0 Å². The minimum Gasteiger partial charge on any atom is -0.494 e. The fraction of sp³-hybridized carbons (Fsp3) is 0.0769. The Morgan fingerprint density at radius 2 is 2.21 bits per heavy atom. The lowest BCUT2D eigenvalue weighted by Gasteiger charge is -2.08. The number of rotatable bonds is 3. The standard InChI is InChI=1S/C13H10ClFN2O2/c1-19-11-5-4-8(7-10(11)15)17-13(18)9-3-2-6-16-12(9)14/h2-7H,1H3,(H,17,18). The first-order valence-corrected chi connectivity index (χ1v) is 5.75. The smallest absolute Gasteiger partial charge is 0.258 e. The largest absolute Gasteiger partial charge is 0.494 e. The molecule has 1 amide bonds. The van der Waals surface area contributed by atoms with E-state index in [1.54, 1.807) is 6.07 Å². The molecule has 4 nitrogen and oxygen atoms in total. The first-order chi connectivity index (χ1) is 9.11. The second kappa shape index (κ2) is 5.67. The van der Waals surface area contributed by atoms with E-state index in [0.29, 0.717) is 5.69 Å². The van der Waals surface area contributed by atoms with Crippen molar-refractivity contribution in [3.63, 3.8) is 0 Å². The third-order valence-electron chi connectivity index (χ3n) is 2.41. The monoisotopic (exact) mass is 280 g/mol. The Balaban J connectivity index is 2.20. The number of halogens is 2. The van der Waals surface area contributed by atoms with Crippen molar-refractivity contribution in [1.29, 1.82) is 0 Å². The minimum absolute atomic E-state index is 0.0917. The molecule has 0 atom stereocenters. The number of amides is 1. The van der Waals surface area contributed by atoms with Crippen molar-refractivity contribution in [2.45, 2.75) is 0 Å². The van der Waals surface area contributed by atoms with Gasteiger partial charge in [-0.05, 0) is 24.3 Å². The van der Waals surface area contributed by atoms with Crippen LogP contribution in [0.5, 0.6) is 5.75 Å². The Labute approximate surface area is 114 Å². The molecule has 0 saturated carbocycles. The second-order valence-corrected chi connectivity index (χ2v) is 4.00. The highest BCUT2D eigenvalue weighted by molar-refractivity contribution is 6.33. The Kier molecular flexibility index (Phi) is 3.97. The van der Waals surface area contributed by atoms with E-state index in [2.05, 4.69) is 10.3 Å². The zero-order valence-electron chi connectivity index (χ0n) is 9.98. The molecule has 1 aromatic heterocycles. The van der Waals surface area contributed by atoms with E-state index >= 15 is 0 Å². The number of carbonyl (C=O) groups is 1. The lowest BCUT2D eigenvalue weighted by atomic mass is 10.2. The predicted molar refractivity (Wildman–Crippen MR) is 70.2 cm³/mol. The summed E-state index contributed by atoms with van der Waals surface area (Å²) >= 11 is 5.80. The van der Waals surface area contributed by atoms with E-state index in [-0.39, 0.29) is 16.5 Å². The summed E-state index contributed by atoms with van der Waals surface area (Å²) in [7, 11) is 1.37. The quantitative estimate of drug-likeness (QED) is 0.879. The highest BCUT2D eigenvalue weighted by Gasteiger charge is 2.12. The summed E-state index contributed by atoms with van der Waals surface area (Å²) in [6.07, 6.45) is 1.48. The van der Waals surface area contributed by atoms with Gasteiger partial charge in [-0.2, -0.15) is 0 Å². The van der Waals surface area contributed by atoms with E-state index in [0.717, 1.165) is 0 Å². The van der Waals surface area contributed by atoms with E-state index in [1.165, 1.54) is 37.6 Å². The summed E-state index contributed by atoms with van der Waals surface area (Å²) in [5.41, 5.74) is 0.531. The summed E-state index contributed by atoms with van der Waals surface area (Å²) in [4.78, 5) is 15.7. The van der Waals surface area contributed by atoms with Gasteiger partial charge in [0.25, 0.3) is 5.91 Å². The normalized spacial score (nSPS) is 10.1. The van der Waals surface area contributed by atoms with E-state index in [1.807, 2.05) is 0 Å². The molecule has 0 saturated heterocycles. The zero-order valence-corrected chi connectivity index (χ0v) is 10.7. The van der Waals surface area contributed by atoms with Crippen LogP contribution in [0.25, 0.3) is 0 Å². The summed E-state index contributed by atoms with van der Waals surface area (Å²) in [6.45, 7) is 0. The molecule has 2 rings (SSSR count). The molecule has 6 heteroatoms. The van der Waals surface area contributed by atoms with Crippen molar-refractivity contribution < 1.29 is 13.9 Å². The third kappa shape index (κ3) is 3.00. The molecule has 98 valence electrons. The summed E-state index contributed by atoms with van der Waals surface area (Å²) in [5.74, 6) is -0.905. The molecule has 0 fully saturated rings. The molecular formula is C13H10ClFN2O2. The number of methoxy groups -OCH3 is 1. The number of nitrogens with zero attached hydrogens (tertiary/aromatic N) is 1. The van der Waals surface area contributed by atoms with Gasteiger partial charge in [0.2, 0.25) is 0 Å². The molecule has 0 aliphatic carbocycles. The maximum atomic E-state index is 13.5. The molecule has 1 N–H and O–H groups in total. The molecule has 0 radical (unpaired) electrons. The van der Waals surface area contributed by atoms with Gasteiger partial charge in [-0.15, -0.1) is 0 Å². The Morgan fingerprint density at radius 1 is 1.42 bits per heavy atom. The van der Waals surface area contributed by atoms with Crippen molar-refractivity contribution in [3.05, 3.63) is 53.1 Å². The van der Waals surface area contributed by atoms with E-state index in [9.17, 15) is 9.18 Å². The Morgan fingerprint density at radius 3 is 2.84 bits per heavy atom. The number of aromatic nitrogens is 1. The molecule has 0 aliphatic rings.